The average Bonchev–Trinajstić information content (AvgIpc) is 2.76. The van der Waals surface area contributed by atoms with Gasteiger partial charge in [0.2, 0.25) is 0 Å². The Balaban J connectivity index is 2.12. The molecular weight excluding hydrogens is 424 g/mol. The summed E-state index contributed by atoms with van der Waals surface area (Å²) in [6.07, 6.45) is 15.0. The smallest absolute Gasteiger partial charge is 0.148 e. The average molecular weight is 454 g/mol. The van der Waals surface area contributed by atoms with Gasteiger partial charge in [-0.3, -0.25) is 0 Å². The second kappa shape index (κ2) is 12.8. The molecule has 0 aliphatic heterocycles. The molecule has 0 aromatic carbocycles. The van der Waals surface area contributed by atoms with E-state index in [1.807, 2.05) is 6.92 Å². The maximum absolute atomic E-state index is 5.76. The van der Waals surface area contributed by atoms with Crippen LogP contribution >= 0.6 is 43.2 Å². The molecule has 0 radical (unpaired) electrons. The Morgan fingerprint density at radius 3 is 1.86 bits per heavy atom. The van der Waals surface area contributed by atoms with E-state index in [9.17, 15) is 0 Å². The Bertz CT molecular complexity index is 404. The minimum atomic E-state index is 0.729. The number of ether oxygens (including phenoxy) is 1. The Labute approximate surface area is 157 Å². The van der Waals surface area contributed by atoms with Crippen molar-refractivity contribution < 1.29 is 4.74 Å². The molecule has 0 aliphatic carbocycles. The highest BCUT2D eigenvalue weighted by molar-refractivity contribution is 9.12. The van der Waals surface area contributed by atoms with Crippen molar-refractivity contribution in [3.8, 4) is 5.75 Å². The van der Waals surface area contributed by atoms with Crippen LogP contribution in [-0.4, -0.2) is 6.61 Å². The SMILES string of the molecule is CCCCCCCCCCCCc1c(Br)sc(Br)c1OCC. The second-order valence-electron chi connectivity index (χ2n) is 5.82. The van der Waals surface area contributed by atoms with Gasteiger partial charge in [-0.1, -0.05) is 64.7 Å². The standard InChI is InChI=1S/C18H30Br2OS/c1-3-5-6-7-8-9-10-11-12-13-14-15-16(21-4-2)18(20)22-17(15)19/h3-14H2,1-2H3. The number of thiophene rings is 1. The lowest BCUT2D eigenvalue weighted by molar-refractivity contribution is 0.335. The van der Waals surface area contributed by atoms with Crippen LogP contribution in [0, 0.1) is 0 Å². The molecule has 0 N–H and O–H groups in total. The third-order valence-electron chi connectivity index (χ3n) is 3.94. The Hall–Kier alpha value is 0.460. The van der Waals surface area contributed by atoms with Gasteiger partial charge in [0, 0.05) is 5.56 Å². The van der Waals surface area contributed by atoms with Crippen LogP contribution in [0.5, 0.6) is 5.75 Å². The molecule has 1 aromatic rings. The molecule has 0 fully saturated rings. The molecule has 1 heterocycles. The van der Waals surface area contributed by atoms with Crippen LogP contribution in [0.3, 0.4) is 0 Å². The maximum atomic E-state index is 5.76. The normalized spacial score (nSPS) is 11.1. The quantitative estimate of drug-likeness (QED) is 0.274. The van der Waals surface area contributed by atoms with Crippen molar-refractivity contribution >= 4 is 43.2 Å². The molecule has 0 bridgehead atoms. The molecule has 0 unspecified atom stereocenters. The third-order valence-corrected chi connectivity index (χ3v) is 6.54. The number of halogens is 2. The number of rotatable bonds is 13. The van der Waals surface area contributed by atoms with E-state index in [-0.39, 0.29) is 0 Å². The van der Waals surface area contributed by atoms with Gasteiger partial charge in [0.05, 0.1) is 10.4 Å². The minimum absolute atomic E-state index is 0.729. The summed E-state index contributed by atoms with van der Waals surface area (Å²) >= 11 is 9.00. The lowest BCUT2D eigenvalue weighted by Crippen LogP contribution is -1.95. The molecule has 1 nitrogen and oxygen atoms in total. The lowest BCUT2D eigenvalue weighted by atomic mass is 10.0. The first-order valence-electron chi connectivity index (χ1n) is 8.80. The van der Waals surface area contributed by atoms with Crippen molar-refractivity contribution in [2.45, 2.75) is 84.5 Å². The van der Waals surface area contributed by atoms with E-state index in [2.05, 4.69) is 38.8 Å². The molecule has 0 saturated carbocycles. The highest BCUT2D eigenvalue weighted by atomic mass is 79.9. The molecule has 1 aromatic heterocycles. The first-order valence-corrected chi connectivity index (χ1v) is 11.2. The van der Waals surface area contributed by atoms with Gasteiger partial charge in [0.1, 0.15) is 9.54 Å². The molecule has 4 heteroatoms. The van der Waals surface area contributed by atoms with E-state index in [4.69, 9.17) is 4.74 Å². The van der Waals surface area contributed by atoms with Crippen LogP contribution in [0.15, 0.2) is 7.57 Å². The Morgan fingerprint density at radius 2 is 1.32 bits per heavy atom. The molecular formula is C18H30Br2OS. The zero-order valence-electron chi connectivity index (χ0n) is 14.1. The topological polar surface area (TPSA) is 9.23 Å². The van der Waals surface area contributed by atoms with Gasteiger partial charge in [-0.15, -0.1) is 11.3 Å². The first-order chi connectivity index (χ1) is 10.7. The number of hydrogen-bond donors (Lipinski definition) is 0. The van der Waals surface area contributed by atoms with Gasteiger partial charge >= 0.3 is 0 Å². The summed E-state index contributed by atoms with van der Waals surface area (Å²) in [5.41, 5.74) is 1.35. The summed E-state index contributed by atoms with van der Waals surface area (Å²) in [4.78, 5) is 0. The Morgan fingerprint density at radius 1 is 0.773 bits per heavy atom. The minimum Gasteiger partial charge on any atom is -0.491 e. The largest absolute Gasteiger partial charge is 0.491 e. The zero-order valence-corrected chi connectivity index (χ0v) is 18.0. The molecule has 0 spiro atoms. The second-order valence-corrected chi connectivity index (χ2v) is 9.48. The summed E-state index contributed by atoms with van der Waals surface area (Å²) in [7, 11) is 0. The molecule has 1 rings (SSSR count). The van der Waals surface area contributed by atoms with Crippen LogP contribution in [0.4, 0.5) is 0 Å². The first kappa shape index (κ1) is 20.5. The maximum Gasteiger partial charge on any atom is 0.148 e. The number of unbranched alkanes of at least 4 members (excludes halogenated alkanes) is 9. The summed E-state index contributed by atoms with van der Waals surface area (Å²) in [6.45, 7) is 5.05. The van der Waals surface area contributed by atoms with Crippen LogP contribution in [0.25, 0.3) is 0 Å². The van der Waals surface area contributed by atoms with E-state index in [0.29, 0.717) is 0 Å². The predicted molar refractivity (Wildman–Crippen MR) is 106 cm³/mol. The van der Waals surface area contributed by atoms with Crippen molar-refractivity contribution in [1.29, 1.82) is 0 Å². The highest BCUT2D eigenvalue weighted by Crippen LogP contribution is 2.43. The van der Waals surface area contributed by atoms with Crippen molar-refractivity contribution in [3.05, 3.63) is 13.1 Å². The van der Waals surface area contributed by atoms with Gasteiger partial charge in [-0.2, -0.15) is 0 Å². The van der Waals surface area contributed by atoms with Crippen LogP contribution in [0.1, 0.15) is 83.6 Å². The fourth-order valence-electron chi connectivity index (χ4n) is 2.68. The van der Waals surface area contributed by atoms with Crippen LogP contribution < -0.4 is 4.74 Å². The van der Waals surface area contributed by atoms with Crippen molar-refractivity contribution in [1.82, 2.24) is 0 Å². The van der Waals surface area contributed by atoms with E-state index in [0.717, 1.165) is 22.6 Å². The molecule has 0 atom stereocenters. The van der Waals surface area contributed by atoms with Gasteiger partial charge in [0.15, 0.2) is 0 Å². The van der Waals surface area contributed by atoms with E-state index < -0.39 is 0 Å². The van der Waals surface area contributed by atoms with Crippen molar-refractivity contribution in [2.75, 3.05) is 6.61 Å². The van der Waals surface area contributed by atoms with Crippen molar-refractivity contribution in [3.63, 3.8) is 0 Å². The summed E-state index contributed by atoms with van der Waals surface area (Å²) in [6, 6.07) is 0. The molecule has 0 aliphatic rings. The zero-order chi connectivity index (χ0) is 16.2. The van der Waals surface area contributed by atoms with Crippen LogP contribution in [0.2, 0.25) is 0 Å². The molecule has 128 valence electrons. The lowest BCUT2D eigenvalue weighted by Gasteiger charge is -2.07. The Kier molecular flexibility index (Phi) is 12.0. The number of hydrogen-bond acceptors (Lipinski definition) is 2. The van der Waals surface area contributed by atoms with Gasteiger partial charge in [-0.05, 0) is 51.6 Å². The summed E-state index contributed by atoms with van der Waals surface area (Å²) < 4.78 is 8.10. The summed E-state index contributed by atoms with van der Waals surface area (Å²) in [5.74, 6) is 1.05. The monoisotopic (exact) mass is 452 g/mol. The van der Waals surface area contributed by atoms with E-state index in [1.54, 1.807) is 11.3 Å². The van der Waals surface area contributed by atoms with E-state index >= 15 is 0 Å². The fourth-order valence-corrected chi connectivity index (χ4v) is 5.79. The molecule has 0 amide bonds. The van der Waals surface area contributed by atoms with Crippen LogP contribution in [-0.2, 0) is 6.42 Å². The molecule has 22 heavy (non-hydrogen) atoms. The fraction of sp³-hybridized carbons (Fsp3) is 0.778. The third kappa shape index (κ3) is 7.83. The van der Waals surface area contributed by atoms with E-state index in [1.165, 1.54) is 73.6 Å². The van der Waals surface area contributed by atoms with Gasteiger partial charge < -0.3 is 4.74 Å². The van der Waals surface area contributed by atoms with Crippen molar-refractivity contribution in [2.24, 2.45) is 0 Å². The van der Waals surface area contributed by atoms with Gasteiger partial charge in [0.25, 0.3) is 0 Å². The predicted octanol–water partition coefficient (Wildman–Crippen LogP) is 8.14. The van der Waals surface area contributed by atoms with Gasteiger partial charge in [-0.25, -0.2) is 0 Å². The summed E-state index contributed by atoms with van der Waals surface area (Å²) in [5, 5.41) is 0. The molecule has 0 saturated heterocycles. The highest BCUT2D eigenvalue weighted by Gasteiger charge is 2.15.